The number of rotatable bonds is 6. The van der Waals surface area contributed by atoms with Crippen LogP contribution in [0.3, 0.4) is 0 Å². The van der Waals surface area contributed by atoms with Crippen LogP contribution in [0.15, 0.2) is 59.7 Å². The molecule has 1 amide bonds. The average Bonchev–Trinajstić information content (AvgIpc) is 3.26. The molecule has 7 nitrogen and oxygen atoms in total. The standard InChI is InChI=1S/C25H23N5O2/c1-15-19(16(2)29-25(32)20(15)13-26)9-11-23(31)30-24(17-6-4-3-5-7-17)18-8-10-21-22(12-18)28-14-27-21/h3-8,10,12,14,24H,9,11H2,1-2H3,(H,27,28)(H,29,32)(H,30,31). The number of carbonyl (C=O) groups excluding carboxylic acids is 1. The lowest BCUT2D eigenvalue weighted by Crippen LogP contribution is -2.29. The minimum Gasteiger partial charge on any atom is -0.345 e. The van der Waals surface area contributed by atoms with E-state index in [9.17, 15) is 14.9 Å². The van der Waals surface area contributed by atoms with Gasteiger partial charge in [0.25, 0.3) is 5.56 Å². The van der Waals surface area contributed by atoms with Gasteiger partial charge in [0.1, 0.15) is 11.6 Å². The highest BCUT2D eigenvalue weighted by Crippen LogP contribution is 2.25. The highest BCUT2D eigenvalue weighted by molar-refractivity contribution is 5.79. The lowest BCUT2D eigenvalue weighted by atomic mass is 9.97. The van der Waals surface area contributed by atoms with Crippen molar-refractivity contribution in [2.75, 3.05) is 0 Å². The number of pyridine rings is 1. The van der Waals surface area contributed by atoms with Gasteiger partial charge >= 0.3 is 0 Å². The van der Waals surface area contributed by atoms with Crippen LogP contribution in [0, 0.1) is 25.2 Å². The van der Waals surface area contributed by atoms with Gasteiger partial charge in [-0.1, -0.05) is 36.4 Å². The van der Waals surface area contributed by atoms with E-state index in [4.69, 9.17) is 0 Å². The van der Waals surface area contributed by atoms with Gasteiger partial charge in [-0.25, -0.2) is 4.98 Å². The minimum absolute atomic E-state index is 0.0982. The van der Waals surface area contributed by atoms with E-state index in [1.165, 1.54) is 0 Å². The van der Waals surface area contributed by atoms with E-state index in [0.29, 0.717) is 17.7 Å². The Morgan fingerprint density at radius 1 is 1.16 bits per heavy atom. The summed E-state index contributed by atoms with van der Waals surface area (Å²) in [6, 6.07) is 17.3. The van der Waals surface area contributed by atoms with Gasteiger partial charge in [0.15, 0.2) is 0 Å². The van der Waals surface area contributed by atoms with Crippen molar-refractivity contribution in [1.82, 2.24) is 20.3 Å². The number of imidazole rings is 1. The number of aromatic amines is 2. The summed E-state index contributed by atoms with van der Waals surface area (Å²) < 4.78 is 0. The lowest BCUT2D eigenvalue weighted by Gasteiger charge is -2.20. The number of nitrogens with zero attached hydrogens (tertiary/aromatic N) is 2. The maximum absolute atomic E-state index is 13.0. The Kier molecular flexibility index (Phi) is 5.86. The van der Waals surface area contributed by atoms with Crippen LogP contribution < -0.4 is 10.9 Å². The van der Waals surface area contributed by atoms with Crippen molar-refractivity contribution in [3.05, 3.63) is 98.7 Å². The summed E-state index contributed by atoms with van der Waals surface area (Å²) in [7, 11) is 0. The van der Waals surface area contributed by atoms with Gasteiger partial charge in [0.05, 0.1) is 23.4 Å². The molecule has 1 atom stereocenters. The van der Waals surface area contributed by atoms with Gasteiger partial charge in [-0.05, 0) is 54.7 Å². The molecule has 0 aliphatic heterocycles. The molecule has 0 fully saturated rings. The number of hydrogen-bond donors (Lipinski definition) is 3. The van der Waals surface area contributed by atoms with Crippen molar-refractivity contribution < 1.29 is 4.79 Å². The number of fused-ring (bicyclic) bond motifs is 1. The van der Waals surface area contributed by atoms with Crippen molar-refractivity contribution >= 4 is 16.9 Å². The van der Waals surface area contributed by atoms with Crippen LogP contribution in [0.25, 0.3) is 11.0 Å². The summed E-state index contributed by atoms with van der Waals surface area (Å²) in [5.74, 6) is -0.118. The summed E-state index contributed by atoms with van der Waals surface area (Å²) in [4.78, 5) is 35.0. The summed E-state index contributed by atoms with van der Waals surface area (Å²) in [5, 5.41) is 12.4. The predicted molar refractivity (Wildman–Crippen MR) is 122 cm³/mol. The average molecular weight is 425 g/mol. The molecule has 0 radical (unpaired) electrons. The molecule has 7 heteroatoms. The number of aryl methyl sites for hydroxylation is 1. The minimum atomic E-state index is -0.394. The van der Waals surface area contributed by atoms with Crippen LogP contribution in [0.1, 0.15) is 46.0 Å². The molecule has 3 N–H and O–H groups in total. The molecule has 2 aromatic heterocycles. The molecule has 0 saturated heterocycles. The lowest BCUT2D eigenvalue weighted by molar-refractivity contribution is -0.121. The van der Waals surface area contributed by atoms with Crippen LogP contribution in [-0.2, 0) is 11.2 Å². The number of hydrogen-bond acceptors (Lipinski definition) is 4. The van der Waals surface area contributed by atoms with Crippen LogP contribution in [-0.4, -0.2) is 20.9 Å². The van der Waals surface area contributed by atoms with Crippen molar-refractivity contribution in [2.45, 2.75) is 32.7 Å². The van der Waals surface area contributed by atoms with Gasteiger partial charge in [0.2, 0.25) is 5.91 Å². The molecule has 2 heterocycles. The Bertz CT molecular complexity index is 1380. The van der Waals surface area contributed by atoms with Crippen LogP contribution in [0.5, 0.6) is 0 Å². The molecule has 0 spiro atoms. The zero-order chi connectivity index (χ0) is 22.7. The molecule has 160 valence electrons. The maximum atomic E-state index is 13.0. The van der Waals surface area contributed by atoms with E-state index in [-0.39, 0.29) is 23.9 Å². The van der Waals surface area contributed by atoms with Crippen LogP contribution >= 0.6 is 0 Å². The molecule has 0 aliphatic carbocycles. The molecule has 0 aliphatic rings. The van der Waals surface area contributed by atoms with Crippen molar-refractivity contribution in [3.8, 4) is 6.07 Å². The third-order valence-electron chi connectivity index (χ3n) is 5.74. The van der Waals surface area contributed by atoms with Crippen molar-refractivity contribution in [1.29, 1.82) is 5.26 Å². The molecule has 1 unspecified atom stereocenters. The highest BCUT2D eigenvalue weighted by atomic mass is 16.1. The van der Waals surface area contributed by atoms with E-state index >= 15 is 0 Å². The second kappa shape index (κ2) is 8.90. The first-order valence-corrected chi connectivity index (χ1v) is 10.4. The maximum Gasteiger partial charge on any atom is 0.266 e. The van der Waals surface area contributed by atoms with Gasteiger partial charge in [-0.3, -0.25) is 9.59 Å². The van der Waals surface area contributed by atoms with E-state index < -0.39 is 5.56 Å². The zero-order valence-corrected chi connectivity index (χ0v) is 17.9. The first kappa shape index (κ1) is 21.1. The Balaban J connectivity index is 1.58. The van der Waals surface area contributed by atoms with Gasteiger partial charge in [-0.2, -0.15) is 5.26 Å². The number of H-pyrrole nitrogens is 2. The number of aromatic nitrogens is 3. The Hall–Kier alpha value is -4.18. The number of nitrogens with one attached hydrogen (secondary N) is 3. The summed E-state index contributed by atoms with van der Waals surface area (Å²) in [6.07, 6.45) is 2.30. The highest BCUT2D eigenvalue weighted by Gasteiger charge is 2.19. The monoisotopic (exact) mass is 425 g/mol. The number of amides is 1. The smallest absolute Gasteiger partial charge is 0.266 e. The molecule has 32 heavy (non-hydrogen) atoms. The molecule has 4 rings (SSSR count). The van der Waals surface area contributed by atoms with Crippen LogP contribution in [0.4, 0.5) is 0 Å². The second-order valence-electron chi connectivity index (χ2n) is 7.76. The third kappa shape index (κ3) is 4.16. The van der Waals surface area contributed by atoms with E-state index in [1.54, 1.807) is 20.2 Å². The van der Waals surface area contributed by atoms with Gasteiger partial charge in [-0.15, -0.1) is 0 Å². The largest absolute Gasteiger partial charge is 0.345 e. The van der Waals surface area contributed by atoms with Crippen molar-refractivity contribution in [3.63, 3.8) is 0 Å². The van der Waals surface area contributed by atoms with E-state index in [2.05, 4.69) is 20.3 Å². The molecule has 0 bridgehead atoms. The predicted octanol–water partition coefficient (Wildman–Crippen LogP) is 3.58. The topological polar surface area (TPSA) is 114 Å². The number of benzene rings is 2. The van der Waals surface area contributed by atoms with E-state index in [1.807, 2.05) is 54.6 Å². The van der Waals surface area contributed by atoms with Crippen molar-refractivity contribution in [2.24, 2.45) is 0 Å². The first-order chi connectivity index (χ1) is 15.5. The molecule has 2 aromatic carbocycles. The fourth-order valence-corrected chi connectivity index (χ4v) is 4.03. The fourth-order valence-electron chi connectivity index (χ4n) is 4.03. The number of carbonyl (C=O) groups is 1. The van der Waals surface area contributed by atoms with Gasteiger partial charge < -0.3 is 15.3 Å². The summed E-state index contributed by atoms with van der Waals surface area (Å²) in [6.45, 7) is 3.54. The fraction of sp³-hybridized carbons (Fsp3) is 0.200. The Morgan fingerprint density at radius 2 is 1.94 bits per heavy atom. The molecule has 0 saturated carbocycles. The van der Waals surface area contributed by atoms with Crippen LogP contribution in [0.2, 0.25) is 0 Å². The summed E-state index contributed by atoms with van der Waals surface area (Å²) in [5.41, 5.74) is 5.54. The SMILES string of the molecule is Cc1[nH]c(=O)c(C#N)c(C)c1CCC(=O)NC(c1ccccc1)c1ccc2nc[nH]c2c1. The Morgan fingerprint density at radius 3 is 2.69 bits per heavy atom. The quantitative estimate of drug-likeness (QED) is 0.438. The Labute approximate surface area is 185 Å². The molecular formula is C25H23N5O2. The van der Waals surface area contributed by atoms with E-state index in [0.717, 1.165) is 27.7 Å². The second-order valence-corrected chi connectivity index (χ2v) is 7.76. The summed E-state index contributed by atoms with van der Waals surface area (Å²) >= 11 is 0. The third-order valence-corrected chi connectivity index (χ3v) is 5.74. The molecular weight excluding hydrogens is 402 g/mol. The van der Waals surface area contributed by atoms with Gasteiger partial charge in [0, 0.05) is 12.1 Å². The first-order valence-electron chi connectivity index (χ1n) is 10.4. The zero-order valence-electron chi connectivity index (χ0n) is 17.9. The molecule has 4 aromatic rings. The normalized spacial score (nSPS) is 11.8. The number of nitriles is 1.